The molecule has 0 amide bonds. The molecule has 2 aliphatic heterocycles. The van der Waals surface area contributed by atoms with Crippen molar-refractivity contribution in [2.75, 3.05) is 4.90 Å². The first kappa shape index (κ1) is 38.6. The van der Waals surface area contributed by atoms with Crippen molar-refractivity contribution in [3.8, 4) is 33.4 Å². The van der Waals surface area contributed by atoms with Crippen molar-refractivity contribution in [3.05, 3.63) is 282 Å². The molecule has 0 bridgehead atoms. The summed E-state index contributed by atoms with van der Waals surface area (Å²) < 4.78 is 0. The average Bonchev–Trinajstić information content (AvgIpc) is 3.67. The number of nitrogens with zero attached hydrogens (tertiary/aromatic N) is 2. The molecule has 2 unspecified atom stereocenters. The number of benzene rings is 9. The highest BCUT2D eigenvalue weighted by Gasteiger charge is 2.51. The lowest BCUT2D eigenvalue weighted by Gasteiger charge is -2.45. The molecule has 65 heavy (non-hydrogen) atoms. The lowest BCUT2D eigenvalue weighted by atomic mass is 9.64. The predicted octanol–water partition coefficient (Wildman–Crippen LogP) is 13.8. The fourth-order valence-corrected chi connectivity index (χ4v) is 10.8. The van der Waals surface area contributed by atoms with E-state index in [1.807, 2.05) is 12.1 Å². The first-order valence-corrected chi connectivity index (χ1v) is 22.4. The van der Waals surface area contributed by atoms with Crippen LogP contribution in [0.4, 0.5) is 17.1 Å². The van der Waals surface area contributed by atoms with Gasteiger partial charge in [0.2, 0.25) is 0 Å². The zero-order valence-corrected chi connectivity index (χ0v) is 35.8. The fraction of sp³-hybridized carbons (Fsp3) is 0.0492. The molecule has 4 nitrogen and oxygen atoms in total. The van der Waals surface area contributed by atoms with E-state index in [1.165, 1.54) is 55.9 Å². The molecular formula is C61H46N4. The first-order valence-electron chi connectivity index (χ1n) is 22.4. The molecule has 310 valence electrons. The van der Waals surface area contributed by atoms with Crippen LogP contribution in [0.25, 0.3) is 44.5 Å². The minimum absolute atomic E-state index is 0.431. The molecule has 0 saturated heterocycles. The molecule has 0 fully saturated rings. The maximum Gasteiger partial charge on any atom is 0.105 e. The molecule has 9 aromatic carbocycles. The molecule has 1 aliphatic carbocycles. The molecule has 2 heterocycles. The zero-order valence-electron chi connectivity index (χ0n) is 35.8. The van der Waals surface area contributed by atoms with Gasteiger partial charge in [0.15, 0.2) is 0 Å². The number of allylic oxidation sites excluding steroid dienone is 2. The topological polar surface area (TPSA) is 58.5 Å². The number of fused-ring (bicyclic) bond motifs is 9. The smallest absolute Gasteiger partial charge is 0.105 e. The van der Waals surface area contributed by atoms with Crippen LogP contribution in [-0.4, -0.2) is 11.1 Å². The Bertz CT molecular complexity index is 3250. The third-order valence-corrected chi connectivity index (χ3v) is 13.7. The van der Waals surface area contributed by atoms with Crippen LogP contribution in [0, 0.1) is 0 Å². The molecule has 12 rings (SSSR count). The minimum atomic E-state index is -0.535. The van der Waals surface area contributed by atoms with E-state index in [9.17, 15) is 0 Å². The van der Waals surface area contributed by atoms with Crippen LogP contribution in [0.1, 0.15) is 45.1 Å². The summed E-state index contributed by atoms with van der Waals surface area (Å²) in [5, 5.41) is 0. The summed E-state index contributed by atoms with van der Waals surface area (Å²) in [6, 6.07) is 83.1. The van der Waals surface area contributed by atoms with Gasteiger partial charge >= 0.3 is 0 Å². The minimum Gasteiger partial charge on any atom is -0.338 e. The molecule has 4 N–H and O–H groups in total. The van der Waals surface area contributed by atoms with E-state index >= 15 is 0 Å². The number of anilines is 3. The molecular weight excluding hydrogens is 789 g/mol. The molecule has 0 aromatic heterocycles. The van der Waals surface area contributed by atoms with E-state index in [-0.39, 0.29) is 0 Å². The van der Waals surface area contributed by atoms with E-state index < -0.39 is 17.7 Å². The number of hydrogen-bond acceptors (Lipinski definition) is 4. The predicted molar refractivity (Wildman–Crippen MR) is 268 cm³/mol. The Balaban J connectivity index is 0.947. The number of nitrogens with two attached hydrogens (primary N) is 2. The Hall–Kier alpha value is -8.02. The Morgan fingerprint density at radius 3 is 1.55 bits per heavy atom. The van der Waals surface area contributed by atoms with Crippen molar-refractivity contribution in [1.82, 2.24) is 4.90 Å². The average molecular weight is 835 g/mol. The second-order valence-corrected chi connectivity index (χ2v) is 17.2. The highest BCUT2D eigenvalue weighted by atomic mass is 15.3. The summed E-state index contributed by atoms with van der Waals surface area (Å²) in [5.41, 5.74) is 34.8. The second kappa shape index (κ2) is 15.7. The van der Waals surface area contributed by atoms with Crippen LogP contribution in [0.2, 0.25) is 0 Å². The Morgan fingerprint density at radius 1 is 0.415 bits per heavy atom. The lowest BCUT2D eigenvalue weighted by molar-refractivity contribution is 0.250. The van der Waals surface area contributed by atoms with Crippen LogP contribution in [0.3, 0.4) is 0 Å². The van der Waals surface area contributed by atoms with Gasteiger partial charge in [0.25, 0.3) is 0 Å². The molecule has 2 atom stereocenters. The number of rotatable bonds is 7. The first-order chi connectivity index (χ1) is 32.1. The molecule has 0 saturated carbocycles. The standard InChI is InChI=1S/C61H46N4/c62-59(64-40-46(41-18-4-1-5-19-41)38-52(60(64)63)42-20-6-2-7-21-42)44-34-32-43(33-35-44)48-24-10-11-25-49(48)45-36-37-51-50-26-12-13-27-53(50)61(56(51)39-45)54-28-14-16-30-57(54)65(47-22-8-3-9-23-47)58-31-17-15-29-55(58)61/h1-40,59-60H,62-63H2. The SMILES string of the molecule is NC1C(c2ccccc2)=CC(c2ccccc2)=CN1C(N)c1ccc(-c2ccccc2-c2ccc3c(c2)C2(c4ccccc4-3)c3ccccc3N(c3ccccc3)c3ccccc32)cc1. The van der Waals surface area contributed by atoms with Gasteiger partial charge in [-0.05, 0) is 120 Å². The quantitative estimate of drug-likeness (QED) is 0.168. The second-order valence-electron chi connectivity index (χ2n) is 17.2. The number of para-hydroxylation sites is 3. The van der Waals surface area contributed by atoms with Crippen molar-refractivity contribution in [1.29, 1.82) is 0 Å². The third kappa shape index (κ3) is 6.14. The molecule has 3 aliphatic rings. The summed E-state index contributed by atoms with van der Waals surface area (Å²) >= 11 is 0. The van der Waals surface area contributed by atoms with Gasteiger partial charge in [-0.2, -0.15) is 0 Å². The van der Waals surface area contributed by atoms with Crippen LogP contribution < -0.4 is 16.4 Å². The van der Waals surface area contributed by atoms with Gasteiger partial charge in [-0.3, -0.25) is 0 Å². The monoisotopic (exact) mass is 834 g/mol. The van der Waals surface area contributed by atoms with Gasteiger partial charge in [-0.1, -0.05) is 200 Å². The van der Waals surface area contributed by atoms with Crippen molar-refractivity contribution < 1.29 is 0 Å². The molecule has 9 aromatic rings. The van der Waals surface area contributed by atoms with Gasteiger partial charge in [-0.15, -0.1) is 0 Å². The van der Waals surface area contributed by atoms with E-state index in [2.05, 4.69) is 240 Å². The zero-order chi connectivity index (χ0) is 43.5. The van der Waals surface area contributed by atoms with Crippen LogP contribution >= 0.6 is 0 Å². The van der Waals surface area contributed by atoms with Gasteiger partial charge < -0.3 is 21.3 Å². The van der Waals surface area contributed by atoms with Gasteiger partial charge in [0, 0.05) is 11.9 Å². The summed E-state index contributed by atoms with van der Waals surface area (Å²) in [6.45, 7) is 0. The van der Waals surface area contributed by atoms with Crippen molar-refractivity contribution in [2.45, 2.75) is 17.7 Å². The van der Waals surface area contributed by atoms with E-state index in [1.54, 1.807) is 0 Å². The van der Waals surface area contributed by atoms with E-state index in [0.717, 1.165) is 44.7 Å². The summed E-state index contributed by atoms with van der Waals surface area (Å²) in [5.74, 6) is 0. The maximum absolute atomic E-state index is 7.19. The fourth-order valence-electron chi connectivity index (χ4n) is 10.8. The summed E-state index contributed by atoms with van der Waals surface area (Å²) in [6.07, 6.45) is 3.40. The van der Waals surface area contributed by atoms with Gasteiger partial charge in [0.05, 0.1) is 16.8 Å². The Kier molecular flexibility index (Phi) is 9.30. The molecule has 1 spiro atoms. The number of hydrogen-bond donors (Lipinski definition) is 2. The van der Waals surface area contributed by atoms with Crippen LogP contribution in [-0.2, 0) is 5.41 Å². The largest absolute Gasteiger partial charge is 0.338 e. The summed E-state index contributed by atoms with van der Waals surface area (Å²) in [7, 11) is 0. The van der Waals surface area contributed by atoms with Gasteiger partial charge in [-0.25, -0.2) is 0 Å². The van der Waals surface area contributed by atoms with Gasteiger partial charge in [0.1, 0.15) is 12.3 Å². The highest BCUT2D eigenvalue weighted by molar-refractivity contribution is 5.97. The van der Waals surface area contributed by atoms with Crippen molar-refractivity contribution in [2.24, 2.45) is 11.5 Å². The van der Waals surface area contributed by atoms with E-state index in [0.29, 0.717) is 0 Å². The van der Waals surface area contributed by atoms with Crippen molar-refractivity contribution >= 4 is 28.2 Å². The third-order valence-electron chi connectivity index (χ3n) is 13.7. The molecule has 0 radical (unpaired) electrons. The highest BCUT2D eigenvalue weighted by Crippen LogP contribution is 2.63. The lowest BCUT2D eigenvalue weighted by Crippen LogP contribution is -2.46. The normalized spacial score (nSPS) is 15.9. The summed E-state index contributed by atoms with van der Waals surface area (Å²) in [4.78, 5) is 4.52. The molecule has 4 heteroatoms. The Morgan fingerprint density at radius 2 is 0.908 bits per heavy atom. The van der Waals surface area contributed by atoms with Crippen molar-refractivity contribution in [3.63, 3.8) is 0 Å². The maximum atomic E-state index is 7.19. The van der Waals surface area contributed by atoms with E-state index in [4.69, 9.17) is 11.5 Å². The van der Waals surface area contributed by atoms with Crippen LogP contribution in [0.5, 0.6) is 0 Å². The van der Waals surface area contributed by atoms with Crippen LogP contribution in [0.15, 0.2) is 243 Å². The Labute approximate surface area is 380 Å².